The summed E-state index contributed by atoms with van der Waals surface area (Å²) in [6, 6.07) is 2.84. The maximum Gasteiger partial charge on any atom is 0.228 e. The van der Waals surface area contributed by atoms with Crippen LogP contribution < -0.4 is 10.1 Å². The number of ether oxygens (including phenoxy) is 1. The number of nitrogens with zero attached hydrogens (tertiary/aromatic N) is 2. The minimum Gasteiger partial charge on any atom is -0.489 e. The van der Waals surface area contributed by atoms with Gasteiger partial charge in [-0.2, -0.15) is 0 Å². The predicted molar refractivity (Wildman–Crippen MR) is 109 cm³/mol. The van der Waals surface area contributed by atoms with Crippen LogP contribution in [0.4, 0.5) is 23.2 Å². The zero-order valence-electron chi connectivity index (χ0n) is 17.5. The van der Waals surface area contributed by atoms with E-state index in [0.29, 0.717) is 29.8 Å². The fraction of sp³-hybridized carbons (Fsp3) is 0.348. The molecule has 1 N–H and O–H groups in total. The lowest BCUT2D eigenvalue weighted by molar-refractivity contribution is -0.118. The first-order chi connectivity index (χ1) is 15.2. The number of benzene rings is 1. The molecule has 168 valence electrons. The summed E-state index contributed by atoms with van der Waals surface area (Å²) in [5.74, 6) is -4.12. The number of hydrogen-bond acceptors (Lipinski definition) is 4. The molecule has 5 nitrogen and oxygen atoms in total. The first-order valence-corrected chi connectivity index (χ1v) is 10.1. The van der Waals surface area contributed by atoms with Gasteiger partial charge in [0.15, 0.2) is 11.6 Å². The molecule has 0 bridgehead atoms. The standard InChI is InChI=1S/C23H21F4N3O2/c1-12-21(10-28-13(2)29-12)32-11-23(14-3-5-17(25)18(26)7-14)9-16(23)22(31)30-20-6-4-15(24)8-19(20)27/h3-6,8,10,14,16H,7,9,11H2,1-2H3,(H,30,31)/t14?,16-,23+/m0/s1. The summed E-state index contributed by atoms with van der Waals surface area (Å²) >= 11 is 0. The average molecular weight is 447 g/mol. The highest BCUT2D eigenvalue weighted by Gasteiger charge is 2.62. The molecule has 0 radical (unpaired) electrons. The van der Waals surface area contributed by atoms with Gasteiger partial charge in [0.2, 0.25) is 5.91 Å². The Morgan fingerprint density at radius 2 is 2.03 bits per heavy atom. The Morgan fingerprint density at radius 1 is 1.25 bits per heavy atom. The number of carbonyl (C=O) groups is 1. The van der Waals surface area contributed by atoms with E-state index in [-0.39, 0.29) is 18.7 Å². The molecule has 1 fully saturated rings. The molecule has 1 saturated carbocycles. The Balaban J connectivity index is 1.55. The molecule has 1 aromatic heterocycles. The zero-order chi connectivity index (χ0) is 23.0. The molecular weight excluding hydrogens is 426 g/mol. The highest BCUT2D eigenvalue weighted by molar-refractivity contribution is 5.95. The minimum absolute atomic E-state index is 0.0359. The minimum atomic E-state index is -0.935. The van der Waals surface area contributed by atoms with Crippen LogP contribution in [0.15, 0.2) is 48.2 Å². The fourth-order valence-electron chi connectivity index (χ4n) is 4.13. The van der Waals surface area contributed by atoms with Gasteiger partial charge in [-0.05, 0) is 44.4 Å². The summed E-state index contributed by atoms with van der Waals surface area (Å²) in [5.41, 5.74) is -0.372. The number of allylic oxidation sites excluding steroid dienone is 4. The van der Waals surface area contributed by atoms with E-state index in [1.54, 1.807) is 13.8 Å². The van der Waals surface area contributed by atoms with Gasteiger partial charge in [0.1, 0.15) is 23.3 Å². The Bertz CT molecular complexity index is 1130. The maximum absolute atomic E-state index is 14.0. The van der Waals surface area contributed by atoms with Crippen molar-refractivity contribution in [1.82, 2.24) is 9.97 Å². The quantitative estimate of drug-likeness (QED) is 0.625. The van der Waals surface area contributed by atoms with E-state index in [9.17, 15) is 22.4 Å². The number of anilines is 1. The van der Waals surface area contributed by atoms with Gasteiger partial charge in [-0.1, -0.05) is 6.08 Å². The van der Waals surface area contributed by atoms with Crippen LogP contribution in [0.2, 0.25) is 0 Å². The second kappa shape index (κ2) is 8.37. The van der Waals surface area contributed by atoms with Crippen LogP contribution in [0.3, 0.4) is 0 Å². The van der Waals surface area contributed by atoms with Crippen molar-refractivity contribution in [2.24, 2.45) is 17.3 Å². The zero-order valence-corrected chi connectivity index (χ0v) is 17.5. The van der Waals surface area contributed by atoms with Crippen molar-refractivity contribution >= 4 is 11.6 Å². The van der Waals surface area contributed by atoms with E-state index in [1.165, 1.54) is 12.3 Å². The number of hydrogen-bond donors (Lipinski definition) is 1. The summed E-state index contributed by atoms with van der Waals surface area (Å²) in [6.07, 6.45) is 4.24. The lowest BCUT2D eigenvalue weighted by Gasteiger charge is -2.27. The third kappa shape index (κ3) is 4.24. The third-order valence-corrected chi connectivity index (χ3v) is 6.05. The molecule has 32 heavy (non-hydrogen) atoms. The van der Waals surface area contributed by atoms with Crippen LogP contribution in [0.5, 0.6) is 5.75 Å². The van der Waals surface area contributed by atoms with Crippen molar-refractivity contribution in [1.29, 1.82) is 0 Å². The number of halogens is 4. The highest BCUT2D eigenvalue weighted by atomic mass is 19.2. The predicted octanol–water partition coefficient (Wildman–Crippen LogP) is 5.12. The summed E-state index contributed by atoms with van der Waals surface area (Å²) in [5, 5.41) is 2.47. The van der Waals surface area contributed by atoms with Crippen molar-refractivity contribution in [3.05, 3.63) is 71.4 Å². The second-order valence-electron chi connectivity index (χ2n) is 8.18. The summed E-state index contributed by atoms with van der Waals surface area (Å²) in [6.45, 7) is 3.53. The average Bonchev–Trinajstić information content (AvgIpc) is 3.47. The topological polar surface area (TPSA) is 64.1 Å². The van der Waals surface area contributed by atoms with Crippen LogP contribution in [0.25, 0.3) is 0 Å². The van der Waals surface area contributed by atoms with Crippen molar-refractivity contribution < 1.29 is 27.1 Å². The van der Waals surface area contributed by atoms with Crippen LogP contribution >= 0.6 is 0 Å². The Kier molecular flexibility index (Phi) is 5.75. The van der Waals surface area contributed by atoms with Crippen LogP contribution in [-0.4, -0.2) is 22.5 Å². The largest absolute Gasteiger partial charge is 0.489 e. The number of aryl methyl sites for hydroxylation is 2. The molecule has 0 saturated heterocycles. The first-order valence-electron chi connectivity index (χ1n) is 10.1. The van der Waals surface area contributed by atoms with E-state index in [2.05, 4.69) is 15.3 Å². The van der Waals surface area contributed by atoms with E-state index in [1.807, 2.05) is 0 Å². The molecule has 4 rings (SSSR count). The molecule has 1 heterocycles. The van der Waals surface area contributed by atoms with Crippen LogP contribution in [0, 0.1) is 42.7 Å². The Morgan fingerprint density at radius 3 is 2.72 bits per heavy atom. The Labute approximate surface area is 182 Å². The van der Waals surface area contributed by atoms with Crippen LogP contribution in [0.1, 0.15) is 24.4 Å². The van der Waals surface area contributed by atoms with Crippen molar-refractivity contribution in [2.45, 2.75) is 26.7 Å². The number of rotatable bonds is 6. The van der Waals surface area contributed by atoms with Crippen molar-refractivity contribution in [3.63, 3.8) is 0 Å². The second-order valence-corrected chi connectivity index (χ2v) is 8.18. The van der Waals surface area contributed by atoms with Gasteiger partial charge >= 0.3 is 0 Å². The van der Waals surface area contributed by atoms with Gasteiger partial charge in [0.25, 0.3) is 0 Å². The van der Waals surface area contributed by atoms with E-state index >= 15 is 0 Å². The first kappa shape index (κ1) is 22.0. The molecule has 2 aromatic rings. The molecule has 1 aromatic carbocycles. The molecular formula is C23H21F4N3O2. The van der Waals surface area contributed by atoms with Gasteiger partial charge < -0.3 is 10.1 Å². The molecule has 0 spiro atoms. The maximum atomic E-state index is 14.0. The van der Waals surface area contributed by atoms with Gasteiger partial charge in [0, 0.05) is 23.8 Å². The van der Waals surface area contributed by atoms with Crippen molar-refractivity contribution in [3.8, 4) is 5.75 Å². The molecule has 9 heteroatoms. The van der Waals surface area contributed by atoms with E-state index in [0.717, 1.165) is 18.2 Å². The number of aromatic nitrogens is 2. The lowest BCUT2D eigenvalue weighted by atomic mass is 9.82. The number of nitrogens with one attached hydrogen (secondary N) is 1. The third-order valence-electron chi connectivity index (χ3n) is 6.05. The van der Waals surface area contributed by atoms with Gasteiger partial charge in [0.05, 0.1) is 24.2 Å². The van der Waals surface area contributed by atoms with E-state index < -0.39 is 46.4 Å². The molecule has 1 amide bonds. The van der Waals surface area contributed by atoms with Gasteiger partial charge in [-0.15, -0.1) is 0 Å². The lowest BCUT2D eigenvalue weighted by Crippen LogP contribution is -2.30. The van der Waals surface area contributed by atoms with Crippen LogP contribution in [-0.2, 0) is 4.79 Å². The van der Waals surface area contributed by atoms with Gasteiger partial charge in [-0.3, -0.25) is 4.79 Å². The summed E-state index contributed by atoms with van der Waals surface area (Å²) in [7, 11) is 0. The van der Waals surface area contributed by atoms with Gasteiger partial charge in [-0.25, -0.2) is 27.5 Å². The molecule has 2 aliphatic carbocycles. The molecule has 0 aliphatic heterocycles. The molecule has 2 aliphatic rings. The van der Waals surface area contributed by atoms with E-state index in [4.69, 9.17) is 4.74 Å². The monoisotopic (exact) mass is 447 g/mol. The normalized spacial score (nSPS) is 24.4. The SMILES string of the molecule is Cc1ncc(OC[C@@]2(C3C=CC(F)=C(F)C3)C[C@H]2C(=O)Nc2ccc(F)cc2F)c(C)n1. The summed E-state index contributed by atoms with van der Waals surface area (Å²) < 4.78 is 60.6. The Hall–Kier alpha value is -3.23. The number of amides is 1. The fourth-order valence-corrected chi connectivity index (χ4v) is 4.13. The smallest absolute Gasteiger partial charge is 0.228 e. The summed E-state index contributed by atoms with van der Waals surface area (Å²) in [4.78, 5) is 21.2. The highest BCUT2D eigenvalue weighted by Crippen LogP contribution is 2.61. The molecule has 1 unspecified atom stereocenters. The molecule has 3 atom stereocenters. The van der Waals surface area contributed by atoms with Crippen molar-refractivity contribution in [2.75, 3.05) is 11.9 Å². The number of carbonyl (C=O) groups excluding carboxylic acids is 1.